The molecule has 0 spiro atoms. The molecule has 2 aliphatic heterocycles. The molecule has 0 bridgehead atoms. The van der Waals surface area contributed by atoms with Gasteiger partial charge in [0.2, 0.25) is 0 Å². The number of nitrogens with two attached hydrogens (primary N) is 1. The summed E-state index contributed by atoms with van der Waals surface area (Å²) in [5, 5.41) is 7.27. The van der Waals surface area contributed by atoms with Crippen LogP contribution in [0.2, 0.25) is 0 Å². The molecule has 3 nitrogen and oxygen atoms in total. The molecule has 104 valence electrons. The third-order valence-electron chi connectivity index (χ3n) is 5.30. The Morgan fingerprint density at radius 1 is 1.00 bits per heavy atom. The zero-order valence-corrected chi connectivity index (χ0v) is 11.1. The van der Waals surface area contributed by atoms with E-state index >= 15 is 0 Å². The van der Waals surface area contributed by atoms with Crippen molar-refractivity contribution in [1.29, 1.82) is 0 Å². The maximum atomic E-state index is 13.2. The highest BCUT2D eigenvalue weighted by atomic mass is 19.1. The molecule has 0 aromatic carbocycles. The molecule has 0 aromatic rings. The molecular weight excluding hydrogens is 229 g/mol. The van der Waals surface area contributed by atoms with E-state index in [2.05, 4.69) is 10.6 Å². The molecule has 4 atom stereocenters. The van der Waals surface area contributed by atoms with Gasteiger partial charge >= 0.3 is 0 Å². The van der Waals surface area contributed by atoms with Gasteiger partial charge in [0, 0.05) is 30.6 Å². The Kier molecular flexibility index (Phi) is 3.87. The predicted molar refractivity (Wildman–Crippen MR) is 71.1 cm³/mol. The summed E-state index contributed by atoms with van der Waals surface area (Å²) in [6.45, 7) is 2.16. The van der Waals surface area contributed by atoms with Crippen molar-refractivity contribution < 1.29 is 4.39 Å². The van der Waals surface area contributed by atoms with Gasteiger partial charge in [0.05, 0.1) is 0 Å². The van der Waals surface area contributed by atoms with Crippen molar-refractivity contribution >= 4 is 0 Å². The molecule has 2 saturated heterocycles. The van der Waals surface area contributed by atoms with E-state index in [1.807, 2.05) is 0 Å². The van der Waals surface area contributed by atoms with Crippen molar-refractivity contribution in [2.75, 3.05) is 13.1 Å². The Bertz CT molecular complexity index is 278. The molecule has 3 aliphatic rings. The average molecular weight is 255 g/mol. The monoisotopic (exact) mass is 255 g/mol. The highest BCUT2D eigenvalue weighted by Crippen LogP contribution is 2.34. The zero-order chi connectivity index (χ0) is 12.5. The van der Waals surface area contributed by atoms with Crippen LogP contribution in [0.1, 0.15) is 38.5 Å². The van der Waals surface area contributed by atoms with Crippen LogP contribution < -0.4 is 16.4 Å². The number of hydrogen-bond donors (Lipinski definition) is 3. The van der Waals surface area contributed by atoms with Gasteiger partial charge in [0.1, 0.15) is 6.17 Å². The van der Waals surface area contributed by atoms with Crippen LogP contribution in [0, 0.1) is 11.8 Å². The van der Waals surface area contributed by atoms with E-state index in [0.29, 0.717) is 30.0 Å². The SMILES string of the molecule is NC1CC(C2CCC(F)CC2)NC2CCNCC12. The van der Waals surface area contributed by atoms with E-state index in [1.165, 1.54) is 6.42 Å². The van der Waals surface area contributed by atoms with Crippen LogP contribution in [0.5, 0.6) is 0 Å². The molecule has 4 N–H and O–H groups in total. The minimum Gasteiger partial charge on any atom is -0.327 e. The van der Waals surface area contributed by atoms with Gasteiger partial charge in [-0.15, -0.1) is 0 Å². The summed E-state index contributed by atoms with van der Waals surface area (Å²) in [5.74, 6) is 1.24. The van der Waals surface area contributed by atoms with Gasteiger partial charge in [-0.3, -0.25) is 0 Å². The summed E-state index contributed by atoms with van der Waals surface area (Å²) in [7, 11) is 0. The fourth-order valence-corrected chi connectivity index (χ4v) is 4.16. The van der Waals surface area contributed by atoms with Gasteiger partial charge in [-0.2, -0.15) is 0 Å². The minimum atomic E-state index is -0.551. The molecule has 18 heavy (non-hydrogen) atoms. The predicted octanol–water partition coefficient (Wildman–Crippen LogP) is 1.18. The fraction of sp³-hybridized carbons (Fsp3) is 1.00. The Morgan fingerprint density at radius 3 is 2.56 bits per heavy atom. The zero-order valence-electron chi connectivity index (χ0n) is 11.1. The Balaban J connectivity index is 1.60. The Labute approximate surface area is 109 Å². The van der Waals surface area contributed by atoms with Crippen LogP contribution in [0.3, 0.4) is 0 Å². The van der Waals surface area contributed by atoms with Crippen LogP contribution in [0.15, 0.2) is 0 Å². The highest BCUT2D eigenvalue weighted by molar-refractivity contribution is 4.99. The number of halogens is 1. The second-order valence-electron chi connectivity index (χ2n) is 6.45. The molecule has 3 fully saturated rings. The molecule has 0 aromatic heterocycles. The van der Waals surface area contributed by atoms with Crippen molar-refractivity contribution in [3.8, 4) is 0 Å². The summed E-state index contributed by atoms with van der Waals surface area (Å²) in [5.41, 5.74) is 6.36. The lowest BCUT2D eigenvalue weighted by molar-refractivity contribution is 0.104. The quantitative estimate of drug-likeness (QED) is 0.659. The number of piperidine rings is 2. The van der Waals surface area contributed by atoms with Crippen LogP contribution in [-0.2, 0) is 0 Å². The number of nitrogens with one attached hydrogen (secondary N) is 2. The maximum absolute atomic E-state index is 13.2. The van der Waals surface area contributed by atoms with Crippen LogP contribution in [0.25, 0.3) is 0 Å². The third-order valence-corrected chi connectivity index (χ3v) is 5.30. The fourth-order valence-electron chi connectivity index (χ4n) is 4.16. The lowest BCUT2D eigenvalue weighted by Crippen LogP contribution is -2.63. The minimum absolute atomic E-state index is 0.317. The largest absolute Gasteiger partial charge is 0.327 e. The topological polar surface area (TPSA) is 50.1 Å². The van der Waals surface area contributed by atoms with Crippen LogP contribution in [0.4, 0.5) is 4.39 Å². The van der Waals surface area contributed by atoms with Gasteiger partial charge in [-0.1, -0.05) is 0 Å². The van der Waals surface area contributed by atoms with Crippen molar-refractivity contribution in [3.05, 3.63) is 0 Å². The molecular formula is C14H26FN3. The number of rotatable bonds is 1. The molecule has 1 aliphatic carbocycles. The Morgan fingerprint density at radius 2 is 1.78 bits per heavy atom. The van der Waals surface area contributed by atoms with Gasteiger partial charge < -0.3 is 16.4 Å². The number of alkyl halides is 1. The van der Waals surface area contributed by atoms with E-state index in [9.17, 15) is 4.39 Å². The van der Waals surface area contributed by atoms with E-state index in [4.69, 9.17) is 5.73 Å². The van der Waals surface area contributed by atoms with Crippen molar-refractivity contribution in [2.45, 2.75) is 62.8 Å². The van der Waals surface area contributed by atoms with E-state index in [-0.39, 0.29) is 0 Å². The first kappa shape index (κ1) is 12.8. The second kappa shape index (κ2) is 5.43. The smallest absolute Gasteiger partial charge is 0.100 e. The standard InChI is InChI=1S/C14H26FN3/c15-10-3-1-9(2-4-10)14-7-12(16)11-8-17-6-5-13(11)18-14/h9-14,17-18H,1-8,16H2. The lowest BCUT2D eigenvalue weighted by atomic mass is 9.73. The summed E-state index contributed by atoms with van der Waals surface area (Å²) in [6, 6.07) is 1.44. The van der Waals surface area contributed by atoms with Crippen LogP contribution in [-0.4, -0.2) is 37.4 Å². The van der Waals surface area contributed by atoms with Gasteiger partial charge in [0.15, 0.2) is 0 Å². The molecule has 3 rings (SSSR count). The second-order valence-corrected chi connectivity index (χ2v) is 6.45. The molecule has 0 amide bonds. The van der Waals surface area contributed by atoms with E-state index in [1.54, 1.807) is 0 Å². The van der Waals surface area contributed by atoms with Gasteiger partial charge in [0.25, 0.3) is 0 Å². The number of fused-ring (bicyclic) bond motifs is 1. The van der Waals surface area contributed by atoms with E-state index in [0.717, 1.165) is 45.2 Å². The molecule has 4 unspecified atom stereocenters. The van der Waals surface area contributed by atoms with Crippen molar-refractivity contribution in [1.82, 2.24) is 10.6 Å². The number of hydrogen-bond acceptors (Lipinski definition) is 3. The average Bonchev–Trinajstić information content (AvgIpc) is 2.39. The normalized spacial score (nSPS) is 49.7. The summed E-state index contributed by atoms with van der Waals surface area (Å²) in [6.07, 6.45) is 5.31. The van der Waals surface area contributed by atoms with Crippen LogP contribution >= 0.6 is 0 Å². The van der Waals surface area contributed by atoms with E-state index < -0.39 is 6.17 Å². The first-order chi connectivity index (χ1) is 8.74. The highest BCUT2D eigenvalue weighted by Gasteiger charge is 2.40. The molecule has 4 heteroatoms. The summed E-state index contributed by atoms with van der Waals surface area (Å²) in [4.78, 5) is 0. The molecule has 2 heterocycles. The maximum Gasteiger partial charge on any atom is 0.100 e. The first-order valence-electron chi connectivity index (χ1n) is 7.60. The first-order valence-corrected chi connectivity index (χ1v) is 7.60. The van der Waals surface area contributed by atoms with Gasteiger partial charge in [-0.25, -0.2) is 4.39 Å². The summed E-state index contributed by atoms with van der Waals surface area (Å²) < 4.78 is 13.2. The Hall–Kier alpha value is -0.190. The van der Waals surface area contributed by atoms with Crippen molar-refractivity contribution in [3.63, 3.8) is 0 Å². The third kappa shape index (κ3) is 2.56. The van der Waals surface area contributed by atoms with Gasteiger partial charge in [-0.05, 0) is 51.0 Å². The van der Waals surface area contributed by atoms with Crippen molar-refractivity contribution in [2.24, 2.45) is 17.6 Å². The molecule has 1 saturated carbocycles. The lowest BCUT2D eigenvalue weighted by Gasteiger charge is -2.47. The summed E-state index contributed by atoms with van der Waals surface area (Å²) >= 11 is 0. The molecule has 0 radical (unpaired) electrons.